The van der Waals surface area contributed by atoms with E-state index in [1.165, 1.54) is 32.4 Å². The maximum atomic E-state index is 13.1. The molecule has 0 bridgehead atoms. The molecule has 0 aliphatic carbocycles. The van der Waals surface area contributed by atoms with Gasteiger partial charge in [-0.2, -0.15) is 13.2 Å². The zero-order valence-electron chi connectivity index (χ0n) is 20.2. The van der Waals surface area contributed by atoms with Gasteiger partial charge in [-0.25, -0.2) is 4.79 Å². The van der Waals surface area contributed by atoms with Gasteiger partial charge in [-0.15, -0.1) is 0 Å². The molecule has 3 rings (SSSR count). The molecule has 1 aromatic rings. The summed E-state index contributed by atoms with van der Waals surface area (Å²) in [6.45, 7) is 7.74. The highest BCUT2D eigenvalue weighted by atomic mass is 79.9. The number of carbonyl (C=O) groups excluding carboxylic acids is 2. The molecule has 1 aromatic carbocycles. The van der Waals surface area contributed by atoms with E-state index in [1.807, 2.05) is 34.1 Å². The van der Waals surface area contributed by atoms with E-state index in [2.05, 4.69) is 26.1 Å². The highest BCUT2D eigenvalue weighted by molar-refractivity contribution is 9.10. The first-order chi connectivity index (χ1) is 17.1. The van der Waals surface area contributed by atoms with Gasteiger partial charge in [-0.05, 0) is 57.1 Å². The third-order valence-corrected chi connectivity index (χ3v) is 6.51. The van der Waals surface area contributed by atoms with Crippen LogP contribution in [0.25, 0.3) is 0 Å². The summed E-state index contributed by atoms with van der Waals surface area (Å²) in [5.41, 5.74) is 0.673. The standard InChI is InChI=1S/C22H33BrN4O2.C2HF3O2/c23-20-7-4-6-19(18-20)22(29)27(14-5-13-25-11-2-1-3-12-25)15-8-21(28)26-16-9-24-10-17-26;3-2(4,5)1(6)7/h4,6-7,18,24H,1-3,5,8-17H2;(H,6,7). The van der Waals surface area contributed by atoms with Gasteiger partial charge in [0.15, 0.2) is 0 Å². The maximum absolute atomic E-state index is 13.1. The molecule has 0 atom stereocenters. The quantitative estimate of drug-likeness (QED) is 0.492. The molecular weight excluding hydrogens is 545 g/mol. The molecule has 2 N–H and O–H groups in total. The van der Waals surface area contributed by atoms with Crippen molar-refractivity contribution in [3.05, 3.63) is 34.3 Å². The molecule has 2 heterocycles. The second-order valence-electron chi connectivity index (χ2n) is 8.74. The highest BCUT2D eigenvalue weighted by Crippen LogP contribution is 2.15. The number of hydrogen-bond donors (Lipinski definition) is 2. The van der Waals surface area contributed by atoms with Gasteiger partial charge in [0.1, 0.15) is 0 Å². The van der Waals surface area contributed by atoms with Crippen LogP contribution in [0, 0.1) is 0 Å². The molecule has 8 nitrogen and oxygen atoms in total. The lowest BCUT2D eigenvalue weighted by Crippen LogP contribution is -2.47. The molecule has 12 heteroatoms. The molecule has 0 unspecified atom stereocenters. The fourth-order valence-corrected chi connectivity index (χ4v) is 4.49. The highest BCUT2D eigenvalue weighted by Gasteiger charge is 2.38. The van der Waals surface area contributed by atoms with Crippen molar-refractivity contribution in [3.8, 4) is 0 Å². The molecule has 0 saturated carbocycles. The fraction of sp³-hybridized carbons (Fsp3) is 0.625. The molecule has 2 saturated heterocycles. The molecule has 0 spiro atoms. The number of benzene rings is 1. The third-order valence-electron chi connectivity index (χ3n) is 6.02. The first-order valence-electron chi connectivity index (χ1n) is 12.1. The number of amides is 2. The first-order valence-corrected chi connectivity index (χ1v) is 12.9. The molecule has 2 fully saturated rings. The van der Waals surface area contributed by atoms with Crippen LogP contribution in [0.3, 0.4) is 0 Å². The number of aliphatic carboxylic acids is 1. The Kier molecular flexibility index (Phi) is 12.7. The number of piperidine rings is 1. The van der Waals surface area contributed by atoms with Gasteiger partial charge < -0.3 is 25.1 Å². The van der Waals surface area contributed by atoms with E-state index in [1.54, 1.807) is 0 Å². The molecule has 36 heavy (non-hydrogen) atoms. The van der Waals surface area contributed by atoms with Crippen LogP contribution in [0.4, 0.5) is 13.2 Å². The van der Waals surface area contributed by atoms with Crippen molar-refractivity contribution in [2.45, 2.75) is 38.3 Å². The Hall–Kier alpha value is -2.18. The minimum atomic E-state index is -5.08. The third kappa shape index (κ3) is 10.8. The molecule has 2 aliphatic heterocycles. The van der Waals surface area contributed by atoms with Crippen LogP contribution in [-0.4, -0.2) is 103 Å². The Morgan fingerprint density at radius 3 is 2.25 bits per heavy atom. The molecule has 202 valence electrons. The lowest BCUT2D eigenvalue weighted by Gasteiger charge is -2.30. The predicted octanol–water partition coefficient (Wildman–Crippen LogP) is 3.22. The minimum Gasteiger partial charge on any atom is -0.475 e. The number of carbonyl (C=O) groups is 3. The van der Waals surface area contributed by atoms with Gasteiger partial charge in [-0.1, -0.05) is 28.4 Å². The van der Waals surface area contributed by atoms with Crippen molar-refractivity contribution in [1.29, 1.82) is 0 Å². The Bertz CT molecular complexity index is 860. The van der Waals surface area contributed by atoms with Crippen molar-refractivity contribution in [1.82, 2.24) is 20.0 Å². The summed E-state index contributed by atoms with van der Waals surface area (Å²) >= 11 is 3.45. The Morgan fingerprint density at radius 2 is 1.67 bits per heavy atom. The van der Waals surface area contributed by atoms with E-state index in [0.29, 0.717) is 25.1 Å². The van der Waals surface area contributed by atoms with Crippen molar-refractivity contribution in [2.75, 3.05) is 58.9 Å². The van der Waals surface area contributed by atoms with E-state index >= 15 is 0 Å². The lowest BCUT2D eigenvalue weighted by molar-refractivity contribution is -0.192. The van der Waals surface area contributed by atoms with E-state index in [9.17, 15) is 22.8 Å². The zero-order chi connectivity index (χ0) is 26.6. The van der Waals surface area contributed by atoms with Crippen LogP contribution >= 0.6 is 15.9 Å². The number of alkyl halides is 3. The van der Waals surface area contributed by atoms with Crippen molar-refractivity contribution < 1.29 is 32.7 Å². The van der Waals surface area contributed by atoms with Crippen molar-refractivity contribution in [3.63, 3.8) is 0 Å². The van der Waals surface area contributed by atoms with Crippen LogP contribution in [0.5, 0.6) is 0 Å². The molecule has 0 radical (unpaired) electrons. The number of piperazine rings is 1. The van der Waals surface area contributed by atoms with Gasteiger partial charge in [-0.3, -0.25) is 9.59 Å². The topological polar surface area (TPSA) is 93.2 Å². The minimum absolute atomic E-state index is 0.0121. The summed E-state index contributed by atoms with van der Waals surface area (Å²) in [5.74, 6) is -2.60. The van der Waals surface area contributed by atoms with E-state index in [0.717, 1.165) is 43.6 Å². The second kappa shape index (κ2) is 15.2. The molecular formula is C24H34BrF3N4O4. The number of likely N-dealkylation sites (tertiary alicyclic amines) is 1. The normalized spacial score (nSPS) is 16.6. The van der Waals surface area contributed by atoms with E-state index < -0.39 is 12.1 Å². The van der Waals surface area contributed by atoms with Crippen LogP contribution < -0.4 is 5.32 Å². The summed E-state index contributed by atoms with van der Waals surface area (Å²) in [7, 11) is 0. The number of halogens is 4. The Balaban J connectivity index is 0.000000572. The summed E-state index contributed by atoms with van der Waals surface area (Å²) < 4.78 is 32.6. The predicted molar refractivity (Wildman–Crippen MR) is 133 cm³/mol. The fourth-order valence-electron chi connectivity index (χ4n) is 4.09. The number of carboxylic acid groups (broad SMARTS) is 1. The SMILES string of the molecule is O=C(CCN(CCCN1CCCCC1)C(=O)c1cccc(Br)c1)N1CCNCC1.O=C(O)C(F)(F)F. The summed E-state index contributed by atoms with van der Waals surface area (Å²) in [6.07, 6.45) is 0.142. The number of nitrogens with zero attached hydrogens (tertiary/aromatic N) is 3. The van der Waals surface area contributed by atoms with Crippen LogP contribution in [0.15, 0.2) is 28.7 Å². The van der Waals surface area contributed by atoms with Crippen LogP contribution in [-0.2, 0) is 9.59 Å². The van der Waals surface area contributed by atoms with Crippen LogP contribution in [0.1, 0.15) is 42.5 Å². The number of rotatable bonds is 8. The lowest BCUT2D eigenvalue weighted by atomic mass is 10.1. The number of carboxylic acids is 1. The van der Waals surface area contributed by atoms with Gasteiger partial charge >= 0.3 is 12.1 Å². The van der Waals surface area contributed by atoms with E-state index in [-0.39, 0.29) is 11.8 Å². The largest absolute Gasteiger partial charge is 0.490 e. The maximum Gasteiger partial charge on any atom is 0.490 e. The first kappa shape index (κ1) is 30.0. The second-order valence-corrected chi connectivity index (χ2v) is 9.66. The average molecular weight is 579 g/mol. The average Bonchev–Trinajstić information content (AvgIpc) is 2.86. The molecule has 0 aromatic heterocycles. The van der Waals surface area contributed by atoms with Crippen molar-refractivity contribution >= 4 is 33.7 Å². The van der Waals surface area contributed by atoms with Crippen LogP contribution in [0.2, 0.25) is 0 Å². The van der Waals surface area contributed by atoms with Gasteiger partial charge in [0.2, 0.25) is 5.91 Å². The van der Waals surface area contributed by atoms with E-state index in [4.69, 9.17) is 9.90 Å². The monoisotopic (exact) mass is 578 g/mol. The molecule has 2 aliphatic rings. The zero-order valence-corrected chi connectivity index (χ0v) is 21.8. The number of hydrogen-bond acceptors (Lipinski definition) is 5. The summed E-state index contributed by atoms with van der Waals surface area (Å²) in [6, 6.07) is 7.52. The van der Waals surface area contributed by atoms with Gasteiger partial charge in [0, 0.05) is 55.7 Å². The summed E-state index contributed by atoms with van der Waals surface area (Å²) in [5, 5.41) is 10.4. The van der Waals surface area contributed by atoms with Gasteiger partial charge in [0.05, 0.1) is 0 Å². The smallest absolute Gasteiger partial charge is 0.475 e. The Labute approximate surface area is 217 Å². The Morgan fingerprint density at radius 1 is 1.03 bits per heavy atom. The molecule has 2 amide bonds. The summed E-state index contributed by atoms with van der Waals surface area (Å²) in [4.78, 5) is 40.9. The number of nitrogens with one attached hydrogen (secondary N) is 1. The van der Waals surface area contributed by atoms with Crippen molar-refractivity contribution in [2.24, 2.45) is 0 Å². The van der Waals surface area contributed by atoms with Gasteiger partial charge in [0.25, 0.3) is 5.91 Å².